The molecule has 2 aromatic carbocycles. The summed E-state index contributed by atoms with van der Waals surface area (Å²) in [6.45, 7) is 7.74. The summed E-state index contributed by atoms with van der Waals surface area (Å²) in [5.41, 5.74) is 5.32. The number of benzene rings is 2. The molecule has 0 aliphatic carbocycles. The average Bonchev–Trinajstić information content (AvgIpc) is 2.96. The Kier molecular flexibility index (Phi) is 6.01. The highest BCUT2D eigenvalue weighted by Gasteiger charge is 2.19. The fraction of sp³-hybridized carbons (Fsp3) is 0.304. The molecule has 0 aliphatic heterocycles. The molecule has 1 N–H and O–H groups in total. The summed E-state index contributed by atoms with van der Waals surface area (Å²) >= 11 is 0. The molecule has 0 radical (unpaired) electrons. The molecule has 0 aliphatic rings. The van der Waals surface area contributed by atoms with Crippen molar-refractivity contribution in [2.45, 2.75) is 40.2 Å². The van der Waals surface area contributed by atoms with Gasteiger partial charge in [-0.1, -0.05) is 17.7 Å². The number of rotatable bonds is 6. The van der Waals surface area contributed by atoms with Crippen LogP contribution in [-0.4, -0.2) is 22.8 Å². The lowest BCUT2D eigenvalue weighted by Crippen LogP contribution is -2.28. The zero-order valence-electron chi connectivity index (χ0n) is 17.4. The first-order valence-electron chi connectivity index (χ1n) is 9.55. The second-order valence-corrected chi connectivity index (χ2v) is 7.25. The van der Waals surface area contributed by atoms with Gasteiger partial charge in [0.25, 0.3) is 0 Å². The lowest BCUT2D eigenvalue weighted by Gasteiger charge is -2.18. The number of hydrogen-bond acceptors (Lipinski definition) is 3. The Labute approximate surface area is 170 Å². The Balaban J connectivity index is 1.78. The molecule has 152 valence electrons. The van der Waals surface area contributed by atoms with E-state index in [1.807, 2.05) is 45.9 Å². The van der Waals surface area contributed by atoms with Gasteiger partial charge in [-0.25, -0.2) is 9.07 Å². The second kappa shape index (κ2) is 8.47. The molecule has 6 heteroatoms. The van der Waals surface area contributed by atoms with Gasteiger partial charge in [-0.15, -0.1) is 0 Å². The van der Waals surface area contributed by atoms with Crippen LogP contribution in [0, 0.1) is 26.6 Å². The first-order valence-corrected chi connectivity index (χ1v) is 9.55. The number of halogens is 1. The van der Waals surface area contributed by atoms with Crippen LogP contribution in [0.2, 0.25) is 0 Å². The largest absolute Gasteiger partial charge is 0.496 e. The lowest BCUT2D eigenvalue weighted by atomic mass is 10.0. The molecule has 1 atom stereocenters. The first kappa shape index (κ1) is 20.6. The first-order chi connectivity index (χ1) is 13.8. The van der Waals surface area contributed by atoms with Crippen molar-refractivity contribution in [3.8, 4) is 11.4 Å². The molecule has 1 aromatic heterocycles. The summed E-state index contributed by atoms with van der Waals surface area (Å²) < 4.78 is 20.4. The highest BCUT2D eigenvalue weighted by molar-refractivity contribution is 5.79. The molecule has 0 fully saturated rings. The summed E-state index contributed by atoms with van der Waals surface area (Å²) in [5.74, 6) is 0.362. The molecular weight excluding hydrogens is 369 g/mol. The summed E-state index contributed by atoms with van der Waals surface area (Å²) in [6, 6.07) is 11.9. The van der Waals surface area contributed by atoms with Crippen molar-refractivity contribution < 1.29 is 13.9 Å². The van der Waals surface area contributed by atoms with Crippen molar-refractivity contribution in [2.75, 3.05) is 7.11 Å². The van der Waals surface area contributed by atoms with E-state index in [1.54, 1.807) is 23.9 Å². The minimum atomic E-state index is -0.296. The number of nitrogens with zero attached hydrogens (tertiary/aromatic N) is 2. The van der Waals surface area contributed by atoms with E-state index >= 15 is 0 Å². The van der Waals surface area contributed by atoms with E-state index in [4.69, 9.17) is 4.74 Å². The van der Waals surface area contributed by atoms with E-state index in [2.05, 4.69) is 10.4 Å². The zero-order valence-corrected chi connectivity index (χ0v) is 17.4. The smallest absolute Gasteiger partial charge is 0.225 e. The van der Waals surface area contributed by atoms with E-state index in [0.717, 1.165) is 39.5 Å². The van der Waals surface area contributed by atoms with Crippen molar-refractivity contribution in [1.29, 1.82) is 0 Å². The Morgan fingerprint density at radius 3 is 2.52 bits per heavy atom. The van der Waals surface area contributed by atoms with Gasteiger partial charge >= 0.3 is 0 Å². The third-order valence-electron chi connectivity index (χ3n) is 5.08. The Hall–Kier alpha value is -3.15. The molecule has 0 saturated carbocycles. The van der Waals surface area contributed by atoms with E-state index in [9.17, 15) is 9.18 Å². The number of aryl methyl sites for hydroxylation is 2. The van der Waals surface area contributed by atoms with Gasteiger partial charge in [0.2, 0.25) is 5.91 Å². The third-order valence-corrected chi connectivity index (χ3v) is 5.08. The number of carbonyl (C=O) groups excluding carboxylic acids is 1. The summed E-state index contributed by atoms with van der Waals surface area (Å²) in [6.07, 6.45) is 0.220. The van der Waals surface area contributed by atoms with Gasteiger partial charge in [0.15, 0.2) is 0 Å². The maximum Gasteiger partial charge on any atom is 0.225 e. The molecule has 0 unspecified atom stereocenters. The lowest BCUT2D eigenvalue weighted by molar-refractivity contribution is -0.121. The van der Waals surface area contributed by atoms with Crippen LogP contribution in [0.3, 0.4) is 0 Å². The SMILES string of the molecule is COc1ccc(C)cc1[C@H](C)NC(=O)Cc1c(C)nn(-c2ccc(F)cc2)c1C. The van der Waals surface area contributed by atoms with Gasteiger partial charge in [-0.2, -0.15) is 5.10 Å². The molecule has 5 nitrogen and oxygen atoms in total. The average molecular weight is 395 g/mol. The summed E-state index contributed by atoms with van der Waals surface area (Å²) in [7, 11) is 1.62. The van der Waals surface area contributed by atoms with Crippen molar-refractivity contribution >= 4 is 5.91 Å². The van der Waals surface area contributed by atoms with Crippen LogP contribution < -0.4 is 10.1 Å². The maximum atomic E-state index is 13.2. The summed E-state index contributed by atoms with van der Waals surface area (Å²) in [4.78, 5) is 12.7. The fourth-order valence-electron chi connectivity index (χ4n) is 3.49. The molecular formula is C23H26FN3O2. The quantitative estimate of drug-likeness (QED) is 0.674. The van der Waals surface area contributed by atoms with Gasteiger partial charge in [-0.05, 0) is 58.0 Å². The van der Waals surface area contributed by atoms with E-state index < -0.39 is 0 Å². The maximum absolute atomic E-state index is 13.2. The molecule has 3 rings (SSSR count). The molecule has 3 aromatic rings. The Morgan fingerprint density at radius 2 is 1.86 bits per heavy atom. The van der Waals surface area contributed by atoms with Crippen molar-refractivity contribution in [2.24, 2.45) is 0 Å². The normalized spacial score (nSPS) is 11.9. The number of hydrogen-bond donors (Lipinski definition) is 1. The number of methoxy groups -OCH3 is 1. The molecule has 1 amide bonds. The Bertz CT molecular complexity index is 1030. The van der Waals surface area contributed by atoms with Crippen LogP contribution in [0.25, 0.3) is 5.69 Å². The van der Waals surface area contributed by atoms with Crippen molar-refractivity contribution in [1.82, 2.24) is 15.1 Å². The summed E-state index contributed by atoms with van der Waals surface area (Å²) in [5, 5.41) is 7.59. The van der Waals surface area contributed by atoms with Crippen LogP contribution >= 0.6 is 0 Å². The molecule has 0 spiro atoms. The van der Waals surface area contributed by atoms with E-state index in [0.29, 0.717) is 0 Å². The second-order valence-electron chi connectivity index (χ2n) is 7.25. The van der Waals surface area contributed by atoms with Crippen LogP contribution in [0.1, 0.15) is 41.0 Å². The zero-order chi connectivity index (χ0) is 21.1. The molecule has 0 saturated heterocycles. The molecule has 0 bridgehead atoms. The predicted molar refractivity (Wildman–Crippen MR) is 111 cm³/mol. The monoisotopic (exact) mass is 395 g/mol. The van der Waals surface area contributed by atoms with Crippen molar-refractivity contribution in [3.63, 3.8) is 0 Å². The highest BCUT2D eigenvalue weighted by atomic mass is 19.1. The Morgan fingerprint density at radius 1 is 1.17 bits per heavy atom. The van der Waals surface area contributed by atoms with Crippen LogP contribution in [0.15, 0.2) is 42.5 Å². The predicted octanol–water partition coefficient (Wildman–Crippen LogP) is 4.37. The molecule has 1 heterocycles. The number of ether oxygens (including phenoxy) is 1. The standard InChI is InChI=1S/C23H26FN3O2/c1-14-6-11-22(29-5)21(12-14)15(2)25-23(28)13-20-16(3)26-27(17(20)4)19-9-7-18(24)8-10-19/h6-12,15H,13H2,1-5H3,(H,25,28)/t15-/m0/s1. The van der Waals surface area contributed by atoms with Crippen LogP contribution in [0.5, 0.6) is 5.75 Å². The van der Waals surface area contributed by atoms with Crippen LogP contribution in [-0.2, 0) is 11.2 Å². The van der Waals surface area contributed by atoms with E-state index in [1.165, 1.54) is 12.1 Å². The van der Waals surface area contributed by atoms with Gasteiger partial charge < -0.3 is 10.1 Å². The van der Waals surface area contributed by atoms with Crippen LogP contribution in [0.4, 0.5) is 4.39 Å². The minimum absolute atomic E-state index is 0.0917. The third kappa shape index (κ3) is 4.47. The number of amides is 1. The number of aromatic nitrogens is 2. The number of nitrogens with one attached hydrogen (secondary N) is 1. The fourth-order valence-corrected chi connectivity index (χ4v) is 3.49. The van der Waals surface area contributed by atoms with Gasteiger partial charge in [-0.3, -0.25) is 4.79 Å². The van der Waals surface area contributed by atoms with Gasteiger partial charge in [0.1, 0.15) is 11.6 Å². The minimum Gasteiger partial charge on any atom is -0.496 e. The van der Waals surface area contributed by atoms with Gasteiger partial charge in [0.05, 0.1) is 31.0 Å². The topological polar surface area (TPSA) is 56.1 Å². The van der Waals surface area contributed by atoms with E-state index in [-0.39, 0.29) is 24.2 Å². The van der Waals surface area contributed by atoms with Crippen molar-refractivity contribution in [3.05, 3.63) is 76.4 Å². The number of carbonyl (C=O) groups is 1. The molecule has 29 heavy (non-hydrogen) atoms. The highest BCUT2D eigenvalue weighted by Crippen LogP contribution is 2.26. The van der Waals surface area contributed by atoms with Gasteiger partial charge in [0, 0.05) is 16.8 Å².